The van der Waals surface area contributed by atoms with Gasteiger partial charge in [-0.3, -0.25) is 0 Å². The Kier molecular flexibility index (Phi) is 6.87. The first kappa shape index (κ1) is 18.2. The van der Waals surface area contributed by atoms with E-state index in [1.54, 1.807) is 20.7 Å². The number of morpholine rings is 1. The molecule has 0 unspecified atom stereocenters. The van der Waals surface area contributed by atoms with Crippen molar-refractivity contribution in [2.24, 2.45) is 4.99 Å². The molecule has 2 heterocycles. The average Bonchev–Trinajstić information content (AvgIpc) is 2.96. The summed E-state index contributed by atoms with van der Waals surface area (Å²) in [6.45, 7) is 3.42. The third-order valence-electron chi connectivity index (χ3n) is 2.64. The standard InChI is InChI=1S/C12H13N3OS2.ClH3O4/c1-2-4-10(5-3-1)13-11-14-12(18-17-11)15-6-8-16-9-7-15;2-1(3,4)5/h1-5H,6-9H2;2-4H. The predicted molar refractivity (Wildman–Crippen MR) is 81.3 cm³/mol. The molecule has 128 valence electrons. The third-order valence-corrected chi connectivity index (χ3v) is 4.70. The maximum atomic E-state index is 8.83. The summed E-state index contributed by atoms with van der Waals surface area (Å²) < 4.78 is 35.6. The number of para-hydroxylation sites is 1. The summed E-state index contributed by atoms with van der Waals surface area (Å²) in [5.41, 5.74) is 0.951. The predicted octanol–water partition coefficient (Wildman–Crippen LogP) is -0.586. The molecule has 1 aliphatic rings. The number of anilines is 1. The molecule has 0 atom stereocenters. The zero-order chi connectivity index (χ0) is 16.7. The smallest absolute Gasteiger partial charge is 0.222 e. The molecule has 1 fully saturated rings. The molecule has 8 nitrogen and oxygen atoms in total. The molecule has 23 heavy (non-hydrogen) atoms. The third kappa shape index (κ3) is 7.33. The van der Waals surface area contributed by atoms with Gasteiger partial charge in [-0.05, 0) is 32.8 Å². The molecule has 0 saturated carbocycles. The van der Waals surface area contributed by atoms with Gasteiger partial charge in [0, 0.05) is 13.1 Å². The Hall–Kier alpha value is -1.11. The van der Waals surface area contributed by atoms with Crippen LogP contribution in [0.5, 0.6) is 0 Å². The Morgan fingerprint density at radius 3 is 2.35 bits per heavy atom. The van der Waals surface area contributed by atoms with Gasteiger partial charge in [0.15, 0.2) is 5.13 Å². The molecule has 1 aromatic carbocycles. The van der Waals surface area contributed by atoms with Crippen molar-refractivity contribution >= 4 is 31.5 Å². The molecular formula is C12H16ClN3O5S2. The van der Waals surface area contributed by atoms with Gasteiger partial charge in [-0.15, -0.1) is 0 Å². The van der Waals surface area contributed by atoms with Crippen LogP contribution in [0.1, 0.15) is 0 Å². The molecule has 3 rings (SSSR count). The van der Waals surface area contributed by atoms with E-state index in [1.165, 1.54) is 0 Å². The van der Waals surface area contributed by atoms with Crippen molar-refractivity contribution in [2.45, 2.75) is 0 Å². The van der Waals surface area contributed by atoms with E-state index < -0.39 is 10.2 Å². The Labute approximate surface area is 141 Å². The van der Waals surface area contributed by atoms with Crippen LogP contribution in [0, 0.1) is 10.2 Å². The van der Waals surface area contributed by atoms with Crippen LogP contribution in [0.4, 0.5) is 10.8 Å². The van der Waals surface area contributed by atoms with Crippen LogP contribution >= 0.6 is 20.7 Å². The van der Waals surface area contributed by atoms with Gasteiger partial charge in [-0.1, -0.05) is 18.2 Å². The van der Waals surface area contributed by atoms with E-state index in [2.05, 4.69) is 14.9 Å². The zero-order valence-electron chi connectivity index (χ0n) is 11.9. The first-order valence-electron chi connectivity index (χ1n) is 6.47. The van der Waals surface area contributed by atoms with Crippen LogP contribution in [0.15, 0.2) is 35.3 Å². The van der Waals surface area contributed by atoms with Crippen molar-refractivity contribution in [1.29, 1.82) is 0 Å². The first-order chi connectivity index (χ1) is 10.9. The van der Waals surface area contributed by atoms with E-state index in [9.17, 15) is 0 Å². The second kappa shape index (κ2) is 8.66. The zero-order valence-corrected chi connectivity index (χ0v) is 14.3. The fourth-order valence-electron chi connectivity index (χ4n) is 1.73. The normalized spacial score (nSPS) is 16.7. The summed E-state index contributed by atoms with van der Waals surface area (Å²) in [5, 5.41) is 1.05. The summed E-state index contributed by atoms with van der Waals surface area (Å²) in [7, 11) is -0.893. The number of nitrogens with zero attached hydrogens (tertiary/aromatic N) is 3. The summed E-state index contributed by atoms with van der Waals surface area (Å²) in [5.74, 6) is 0. The van der Waals surface area contributed by atoms with Gasteiger partial charge in [0.05, 0.1) is 18.9 Å². The van der Waals surface area contributed by atoms with Crippen LogP contribution in [0.25, 0.3) is 0 Å². The second-order valence-corrected chi connectivity index (χ2v) is 7.26. The Balaban J connectivity index is 0.000000338. The van der Waals surface area contributed by atoms with Crippen molar-refractivity contribution in [1.82, 2.24) is 4.98 Å². The van der Waals surface area contributed by atoms with E-state index in [0.717, 1.165) is 41.9 Å². The van der Waals surface area contributed by atoms with Crippen molar-refractivity contribution in [2.75, 3.05) is 31.2 Å². The topological polar surface area (TPSA) is 121 Å². The SMILES string of the molecule is [O-][Cl+](O)(O)O.c1ccc(N=c2nc(N3CCOCC3)ss2)cc1. The average molecular weight is 382 g/mol. The van der Waals surface area contributed by atoms with Crippen molar-refractivity contribution < 1.29 is 33.6 Å². The largest absolute Gasteiger partial charge is 0.378 e. The van der Waals surface area contributed by atoms with E-state index in [4.69, 9.17) is 23.4 Å². The second-order valence-electron chi connectivity index (χ2n) is 4.32. The molecule has 0 spiro atoms. The maximum Gasteiger partial charge on any atom is 0.222 e. The van der Waals surface area contributed by atoms with Gasteiger partial charge in [0.2, 0.25) is 4.80 Å². The quantitative estimate of drug-likeness (QED) is 0.594. The number of benzene rings is 1. The molecule has 11 heteroatoms. The molecule has 0 bridgehead atoms. The van der Waals surface area contributed by atoms with Crippen molar-refractivity contribution in [3.63, 3.8) is 0 Å². The van der Waals surface area contributed by atoms with E-state index in [0.29, 0.717) is 0 Å². The fourth-order valence-corrected chi connectivity index (χ4v) is 3.71. The van der Waals surface area contributed by atoms with Gasteiger partial charge in [-0.2, -0.15) is 4.98 Å². The molecule has 0 aliphatic carbocycles. The van der Waals surface area contributed by atoms with Crippen LogP contribution < -0.4 is 14.4 Å². The molecule has 0 amide bonds. The molecule has 2 aromatic rings. The van der Waals surface area contributed by atoms with Gasteiger partial charge in [0.25, 0.3) is 0 Å². The summed E-state index contributed by atoms with van der Waals surface area (Å²) in [6.07, 6.45) is 0. The number of hydrogen-bond donors (Lipinski definition) is 3. The number of aromatic nitrogens is 1. The summed E-state index contributed by atoms with van der Waals surface area (Å²) in [4.78, 5) is 12.2. The molecule has 0 radical (unpaired) electrons. The summed E-state index contributed by atoms with van der Waals surface area (Å²) >= 11 is 0. The monoisotopic (exact) mass is 381 g/mol. The Bertz CT molecular complexity index is 646. The van der Waals surface area contributed by atoms with Crippen molar-refractivity contribution in [3.8, 4) is 0 Å². The van der Waals surface area contributed by atoms with Gasteiger partial charge < -0.3 is 9.64 Å². The molecular weight excluding hydrogens is 366 g/mol. The molecule has 1 aliphatic heterocycles. The van der Waals surface area contributed by atoms with Crippen LogP contribution in [-0.4, -0.2) is 45.3 Å². The van der Waals surface area contributed by atoms with Crippen LogP contribution in [0.2, 0.25) is 0 Å². The Morgan fingerprint density at radius 1 is 1.13 bits per heavy atom. The van der Waals surface area contributed by atoms with E-state index >= 15 is 0 Å². The first-order valence-corrected chi connectivity index (χ1v) is 9.95. The van der Waals surface area contributed by atoms with Gasteiger partial charge in [-0.25, -0.2) is 4.99 Å². The van der Waals surface area contributed by atoms with Crippen LogP contribution in [-0.2, 0) is 4.74 Å². The number of halogens is 1. The maximum absolute atomic E-state index is 8.83. The van der Waals surface area contributed by atoms with Crippen molar-refractivity contribution in [3.05, 3.63) is 35.1 Å². The van der Waals surface area contributed by atoms with Gasteiger partial charge >= 0.3 is 28.9 Å². The van der Waals surface area contributed by atoms with E-state index in [-0.39, 0.29) is 0 Å². The Morgan fingerprint density at radius 2 is 1.74 bits per heavy atom. The van der Waals surface area contributed by atoms with Crippen LogP contribution in [0.3, 0.4) is 0 Å². The minimum atomic E-state index is -4.19. The minimum absolute atomic E-state index is 0.787. The molecule has 3 N–H and O–H groups in total. The number of rotatable bonds is 2. The molecule has 1 aromatic heterocycles. The summed E-state index contributed by atoms with van der Waals surface area (Å²) in [6, 6.07) is 9.93. The number of ether oxygens (including phenoxy) is 1. The molecule has 1 saturated heterocycles. The van der Waals surface area contributed by atoms with E-state index in [1.807, 2.05) is 30.3 Å². The number of hydrogen-bond acceptors (Lipinski definition) is 10. The fraction of sp³-hybridized carbons (Fsp3) is 0.333. The van der Waals surface area contributed by atoms with Gasteiger partial charge in [0.1, 0.15) is 0 Å². The minimum Gasteiger partial charge on any atom is -0.378 e.